The third-order valence-corrected chi connectivity index (χ3v) is 8.89. The summed E-state index contributed by atoms with van der Waals surface area (Å²) in [5, 5.41) is 31.3. The Kier molecular flexibility index (Phi) is 6.06. The molecule has 2 aromatic rings. The quantitative estimate of drug-likeness (QED) is 0.170. The Labute approximate surface area is 191 Å². The molecule has 7 N–H and O–H groups in total. The SMILES string of the molecule is Nc1c2ncn3c2nc[n+]1[C@@H]1C[C@H](COP(=O)(O)OP(=O)(O)OC[C@H]2O[C@@H]3[C@H](O)[C@@H]2O)[C@@H](O)C1. The topological polar surface area (TPSA) is 233 Å². The Morgan fingerprint density at radius 3 is 2.50 bits per heavy atom. The standard InChI is InChI=1S/C16H23N5O11P2/c17-14-11-15-19-6-20(14)8-1-7(9(22)2-8)3-29-33(25,26)32-34(27,28)30-4-10-12(23)13(24)16(31-10)21(15)5-18-11/h5-10,12-13,16-17,22-24H,1-4H2,(H2,25,26,27,28)/p+1/t7-,8-,9+,10-,12-,13-,16-/m1/s1. The van der Waals surface area contributed by atoms with E-state index in [0.717, 1.165) is 0 Å². The number of imidazole rings is 1. The molecule has 9 atom stereocenters. The Hall–Kier alpha value is -1.55. The number of hydrogen-bond acceptors (Lipinski definition) is 12. The summed E-state index contributed by atoms with van der Waals surface area (Å²) in [6, 6.07) is -0.352. The number of nitrogens with zero attached hydrogens (tertiary/aromatic N) is 4. The minimum Gasteiger partial charge on any atom is -0.393 e. The van der Waals surface area contributed by atoms with E-state index in [1.165, 1.54) is 17.2 Å². The highest BCUT2D eigenvalue weighted by Gasteiger charge is 2.47. The van der Waals surface area contributed by atoms with Crippen LogP contribution in [-0.2, 0) is 27.2 Å². The average molecular weight is 524 g/mol. The fraction of sp³-hybridized carbons (Fsp3) is 0.688. The van der Waals surface area contributed by atoms with Gasteiger partial charge in [-0.2, -0.15) is 4.31 Å². The molecule has 1 saturated carbocycles. The lowest BCUT2D eigenvalue weighted by molar-refractivity contribution is -0.710. The van der Waals surface area contributed by atoms with E-state index in [-0.39, 0.29) is 35.9 Å². The van der Waals surface area contributed by atoms with Gasteiger partial charge in [0, 0.05) is 12.3 Å². The summed E-state index contributed by atoms with van der Waals surface area (Å²) in [4.78, 5) is 28.4. The van der Waals surface area contributed by atoms with E-state index in [0.29, 0.717) is 0 Å². The zero-order chi connectivity index (χ0) is 24.4. The van der Waals surface area contributed by atoms with Gasteiger partial charge in [0.2, 0.25) is 12.0 Å². The van der Waals surface area contributed by atoms with Crippen LogP contribution in [0.5, 0.6) is 0 Å². The van der Waals surface area contributed by atoms with Crippen molar-refractivity contribution in [2.75, 3.05) is 18.9 Å². The number of rotatable bonds is 0. The van der Waals surface area contributed by atoms with Gasteiger partial charge in [-0.15, -0.1) is 0 Å². The van der Waals surface area contributed by atoms with Gasteiger partial charge in [0.25, 0.3) is 5.82 Å². The summed E-state index contributed by atoms with van der Waals surface area (Å²) in [6.45, 7) is -1.22. The zero-order valence-electron chi connectivity index (χ0n) is 17.5. The number of hydrogen-bond donors (Lipinski definition) is 6. The number of anilines is 1. The van der Waals surface area contributed by atoms with Gasteiger partial charge in [0.15, 0.2) is 11.7 Å². The normalized spacial score (nSPS) is 43.4. The van der Waals surface area contributed by atoms with Crippen LogP contribution in [0, 0.1) is 5.92 Å². The molecule has 5 heterocycles. The third-order valence-electron chi connectivity index (χ3n) is 6.29. The minimum atomic E-state index is -5.14. The highest BCUT2D eigenvalue weighted by Crippen LogP contribution is 2.61. The van der Waals surface area contributed by atoms with Crippen LogP contribution >= 0.6 is 15.6 Å². The van der Waals surface area contributed by atoms with Crippen molar-refractivity contribution in [3.8, 4) is 0 Å². The van der Waals surface area contributed by atoms with E-state index in [9.17, 15) is 34.2 Å². The fourth-order valence-corrected chi connectivity index (χ4v) is 6.69. The molecule has 1 saturated heterocycles. The van der Waals surface area contributed by atoms with E-state index in [4.69, 9.17) is 19.5 Å². The minimum absolute atomic E-state index is 0.229. The number of phosphoric ester groups is 2. The zero-order valence-corrected chi connectivity index (χ0v) is 19.3. The number of aromatic nitrogens is 4. The molecule has 2 fully saturated rings. The lowest BCUT2D eigenvalue weighted by Crippen LogP contribution is -2.42. The summed E-state index contributed by atoms with van der Waals surface area (Å²) in [5.41, 5.74) is 6.86. The molecule has 3 aliphatic heterocycles. The molecule has 2 aromatic heterocycles. The molecule has 34 heavy (non-hydrogen) atoms. The van der Waals surface area contributed by atoms with E-state index in [1.54, 1.807) is 4.57 Å². The predicted molar refractivity (Wildman–Crippen MR) is 108 cm³/mol. The van der Waals surface area contributed by atoms with Crippen LogP contribution in [0.25, 0.3) is 11.2 Å². The monoisotopic (exact) mass is 524 g/mol. The van der Waals surface area contributed by atoms with E-state index in [1.807, 2.05) is 0 Å². The highest BCUT2D eigenvalue weighted by molar-refractivity contribution is 7.61. The van der Waals surface area contributed by atoms with E-state index < -0.39 is 65.4 Å². The second-order valence-electron chi connectivity index (χ2n) is 8.47. The first-order valence-corrected chi connectivity index (χ1v) is 13.3. The molecule has 8 bridgehead atoms. The number of phosphoric acid groups is 2. The van der Waals surface area contributed by atoms with Crippen LogP contribution in [0.2, 0.25) is 0 Å². The maximum absolute atomic E-state index is 12.2. The number of fused-ring (bicyclic) bond motifs is 7. The first-order valence-electron chi connectivity index (χ1n) is 10.3. The van der Waals surface area contributed by atoms with Gasteiger partial charge < -0.3 is 35.6 Å². The lowest BCUT2D eigenvalue weighted by atomic mass is 10.1. The Balaban J connectivity index is 1.55. The van der Waals surface area contributed by atoms with Crippen LogP contribution in [-0.4, -0.2) is 77.3 Å². The van der Waals surface area contributed by atoms with Gasteiger partial charge in [-0.3, -0.25) is 13.6 Å². The number of ether oxygens (including phenoxy) is 1. The maximum Gasteiger partial charge on any atom is 0.481 e. The fourth-order valence-electron chi connectivity index (χ4n) is 4.55. The van der Waals surface area contributed by atoms with Gasteiger partial charge in [-0.25, -0.2) is 18.7 Å². The van der Waals surface area contributed by atoms with Crippen LogP contribution in [0.3, 0.4) is 0 Å². The summed E-state index contributed by atoms with van der Waals surface area (Å²) < 4.78 is 46.8. The molecule has 0 aromatic carbocycles. The van der Waals surface area contributed by atoms with Crippen LogP contribution in [0.4, 0.5) is 5.82 Å². The van der Waals surface area contributed by atoms with E-state index >= 15 is 0 Å². The molecule has 188 valence electrons. The first kappa shape index (κ1) is 24.2. The van der Waals surface area contributed by atoms with Gasteiger partial charge >= 0.3 is 15.6 Å². The van der Waals surface area contributed by atoms with E-state index in [2.05, 4.69) is 14.3 Å². The van der Waals surface area contributed by atoms with Gasteiger partial charge in [-0.05, 0) is 6.42 Å². The first-order chi connectivity index (χ1) is 16.0. The van der Waals surface area contributed by atoms with Crippen molar-refractivity contribution in [3.63, 3.8) is 0 Å². The van der Waals surface area contributed by atoms with Crippen LogP contribution in [0.1, 0.15) is 25.1 Å². The van der Waals surface area contributed by atoms with Crippen molar-refractivity contribution in [1.29, 1.82) is 0 Å². The number of nitrogen functional groups attached to an aromatic ring is 1. The molecule has 16 nitrogen and oxygen atoms in total. The van der Waals surface area contributed by atoms with Crippen LogP contribution in [0.15, 0.2) is 12.7 Å². The Morgan fingerprint density at radius 2 is 1.76 bits per heavy atom. The van der Waals surface area contributed by atoms with Gasteiger partial charge in [0.05, 0.1) is 25.4 Å². The Bertz CT molecular complexity index is 1200. The van der Waals surface area contributed by atoms with Crippen molar-refractivity contribution in [1.82, 2.24) is 14.5 Å². The smallest absolute Gasteiger partial charge is 0.393 e. The van der Waals surface area contributed by atoms with Crippen molar-refractivity contribution < 1.29 is 56.9 Å². The second kappa shape index (κ2) is 8.54. The number of nitrogens with two attached hydrogens (primary N) is 1. The van der Waals surface area contributed by atoms with Crippen molar-refractivity contribution in [2.45, 2.75) is 49.5 Å². The van der Waals surface area contributed by atoms with Gasteiger partial charge in [-0.1, -0.05) is 4.98 Å². The molecule has 18 heteroatoms. The maximum atomic E-state index is 12.2. The second-order valence-corrected chi connectivity index (χ2v) is 11.5. The number of aliphatic hydroxyl groups excluding tert-OH is 3. The molecule has 2 unspecified atom stereocenters. The molecule has 6 rings (SSSR count). The van der Waals surface area contributed by atoms with Crippen molar-refractivity contribution in [3.05, 3.63) is 12.7 Å². The van der Waals surface area contributed by atoms with Crippen molar-refractivity contribution >= 4 is 32.6 Å². The van der Waals surface area contributed by atoms with Crippen molar-refractivity contribution in [2.24, 2.45) is 5.92 Å². The summed E-state index contributed by atoms with van der Waals surface area (Å²) in [6.07, 6.45) is -3.20. The molecule has 0 amide bonds. The summed E-state index contributed by atoms with van der Waals surface area (Å²) in [5.74, 6) is -0.379. The lowest BCUT2D eigenvalue weighted by Gasteiger charge is -2.20. The molecular formula is C16H24N5O11P2+. The van der Waals surface area contributed by atoms with Crippen LogP contribution < -0.4 is 10.3 Å². The largest absolute Gasteiger partial charge is 0.481 e. The molecule has 4 aliphatic rings. The highest BCUT2D eigenvalue weighted by atomic mass is 31.3. The summed E-state index contributed by atoms with van der Waals surface area (Å²) >= 11 is 0. The third kappa shape index (κ3) is 4.29. The molecular weight excluding hydrogens is 500 g/mol. The summed E-state index contributed by atoms with van der Waals surface area (Å²) in [7, 11) is -10.2. The average Bonchev–Trinajstić information content (AvgIpc) is 3.41. The Morgan fingerprint density at radius 1 is 1.06 bits per heavy atom. The van der Waals surface area contributed by atoms with Gasteiger partial charge in [0.1, 0.15) is 24.6 Å². The predicted octanol–water partition coefficient (Wildman–Crippen LogP) is -1.50. The molecule has 0 radical (unpaired) electrons. The number of aliphatic hydroxyl groups is 3. The molecule has 1 aliphatic carbocycles. The molecule has 0 spiro atoms.